The molecule has 0 saturated heterocycles. The Morgan fingerprint density at radius 3 is 2.60 bits per heavy atom. The fourth-order valence-corrected chi connectivity index (χ4v) is 0.953. The Kier molecular flexibility index (Phi) is 3.66. The second kappa shape index (κ2) is 4.77. The van der Waals surface area contributed by atoms with Crippen LogP contribution < -0.4 is 10.5 Å². The number of halogens is 2. The van der Waals surface area contributed by atoms with Crippen molar-refractivity contribution in [2.45, 2.75) is 13.8 Å². The minimum absolute atomic E-state index is 0.126. The first-order valence-corrected chi connectivity index (χ1v) is 4.51. The van der Waals surface area contributed by atoms with E-state index in [9.17, 15) is 8.78 Å². The molecule has 2 nitrogen and oxygen atoms in total. The zero-order valence-electron chi connectivity index (χ0n) is 8.68. The highest BCUT2D eigenvalue weighted by Crippen LogP contribution is 2.22. The Morgan fingerprint density at radius 1 is 1.33 bits per heavy atom. The summed E-state index contributed by atoms with van der Waals surface area (Å²) >= 11 is 0. The predicted octanol–water partition coefficient (Wildman–Crippen LogP) is 2.89. The molecule has 0 spiro atoms. The summed E-state index contributed by atoms with van der Waals surface area (Å²) in [5.74, 6) is -1.46. The topological polar surface area (TPSA) is 35.2 Å². The average Bonchev–Trinajstić information content (AvgIpc) is 2.13. The van der Waals surface area contributed by atoms with Crippen LogP contribution in [0.25, 0.3) is 0 Å². The number of ether oxygens (including phenoxy) is 1. The van der Waals surface area contributed by atoms with Crippen molar-refractivity contribution in [2.24, 2.45) is 0 Å². The number of allylic oxidation sites excluding steroid dienone is 1. The molecule has 2 N–H and O–H groups in total. The van der Waals surface area contributed by atoms with E-state index in [1.54, 1.807) is 6.08 Å². The molecule has 0 fully saturated rings. The van der Waals surface area contributed by atoms with Crippen LogP contribution in [-0.2, 0) is 0 Å². The van der Waals surface area contributed by atoms with Crippen LogP contribution in [0.2, 0.25) is 0 Å². The van der Waals surface area contributed by atoms with E-state index < -0.39 is 11.6 Å². The first-order valence-electron chi connectivity index (χ1n) is 4.51. The van der Waals surface area contributed by atoms with Gasteiger partial charge in [0.15, 0.2) is 11.6 Å². The third-order valence-corrected chi connectivity index (χ3v) is 1.78. The van der Waals surface area contributed by atoms with E-state index in [1.165, 1.54) is 0 Å². The molecule has 1 aromatic rings. The highest BCUT2D eigenvalue weighted by Gasteiger charge is 2.08. The minimum atomic E-state index is -0.677. The van der Waals surface area contributed by atoms with E-state index in [2.05, 4.69) is 0 Å². The van der Waals surface area contributed by atoms with Gasteiger partial charge in [0.2, 0.25) is 0 Å². The smallest absolute Gasteiger partial charge is 0.167 e. The lowest BCUT2D eigenvalue weighted by Crippen LogP contribution is -1.99. The second-order valence-electron chi connectivity index (χ2n) is 3.40. The van der Waals surface area contributed by atoms with Crippen molar-refractivity contribution >= 4 is 5.69 Å². The van der Waals surface area contributed by atoms with Crippen molar-refractivity contribution in [3.63, 3.8) is 0 Å². The maximum Gasteiger partial charge on any atom is 0.167 e. The molecule has 0 aromatic heterocycles. The minimum Gasteiger partial charge on any atom is -0.486 e. The summed E-state index contributed by atoms with van der Waals surface area (Å²) in [4.78, 5) is 0. The number of hydrogen-bond donors (Lipinski definition) is 1. The Hall–Kier alpha value is -1.58. The lowest BCUT2D eigenvalue weighted by atomic mass is 10.3. The number of hydrogen-bond acceptors (Lipinski definition) is 2. The monoisotopic (exact) mass is 213 g/mol. The molecule has 0 radical (unpaired) electrons. The predicted molar refractivity (Wildman–Crippen MR) is 55.7 cm³/mol. The maximum absolute atomic E-state index is 13.2. The molecule has 0 unspecified atom stereocenters. The average molecular weight is 213 g/mol. The largest absolute Gasteiger partial charge is 0.486 e. The summed E-state index contributed by atoms with van der Waals surface area (Å²) < 4.78 is 31.2. The van der Waals surface area contributed by atoms with Crippen LogP contribution in [0.4, 0.5) is 14.5 Å². The van der Waals surface area contributed by atoms with Crippen LogP contribution in [0.5, 0.6) is 5.75 Å². The van der Waals surface area contributed by atoms with Crippen molar-refractivity contribution in [1.29, 1.82) is 0 Å². The molecular weight excluding hydrogens is 200 g/mol. The van der Waals surface area contributed by atoms with Crippen molar-refractivity contribution in [3.05, 3.63) is 35.4 Å². The van der Waals surface area contributed by atoms with Gasteiger partial charge in [-0.1, -0.05) is 5.57 Å². The van der Waals surface area contributed by atoms with Gasteiger partial charge in [0.05, 0.1) is 5.69 Å². The molecule has 4 heteroatoms. The first-order chi connectivity index (χ1) is 7.00. The Labute approximate surface area is 87.4 Å². The summed E-state index contributed by atoms with van der Waals surface area (Å²) in [5, 5.41) is 0. The molecule has 0 saturated carbocycles. The van der Waals surface area contributed by atoms with E-state index in [0.717, 1.165) is 17.7 Å². The van der Waals surface area contributed by atoms with Crippen LogP contribution in [0.15, 0.2) is 23.8 Å². The molecule has 0 aliphatic carbocycles. The van der Waals surface area contributed by atoms with Gasteiger partial charge in [0.1, 0.15) is 12.4 Å². The number of anilines is 1. The summed E-state index contributed by atoms with van der Waals surface area (Å²) in [6.45, 7) is 4.00. The Balaban J connectivity index is 2.77. The maximum atomic E-state index is 13.2. The van der Waals surface area contributed by atoms with Gasteiger partial charge in [-0.25, -0.2) is 8.78 Å². The molecule has 1 aromatic carbocycles. The van der Waals surface area contributed by atoms with Crippen LogP contribution in [0, 0.1) is 11.6 Å². The van der Waals surface area contributed by atoms with E-state index in [-0.39, 0.29) is 18.0 Å². The quantitative estimate of drug-likeness (QED) is 0.619. The number of nitrogens with two attached hydrogens (primary N) is 1. The molecule has 0 amide bonds. The molecule has 15 heavy (non-hydrogen) atoms. The third-order valence-electron chi connectivity index (χ3n) is 1.78. The Morgan fingerprint density at radius 2 is 2.00 bits per heavy atom. The van der Waals surface area contributed by atoms with Crippen molar-refractivity contribution in [3.8, 4) is 5.75 Å². The summed E-state index contributed by atoms with van der Waals surface area (Å²) in [6, 6.07) is 1.86. The number of benzene rings is 1. The molecule has 82 valence electrons. The fourth-order valence-electron chi connectivity index (χ4n) is 0.953. The standard InChI is InChI=1S/C11H13F2NO/c1-7(2)3-4-15-11-6-8(12)10(14)5-9(11)13/h3,5-6H,4,14H2,1-2H3. The zero-order valence-corrected chi connectivity index (χ0v) is 8.68. The molecule has 0 bridgehead atoms. The zero-order chi connectivity index (χ0) is 11.4. The van der Waals surface area contributed by atoms with Crippen LogP contribution >= 0.6 is 0 Å². The van der Waals surface area contributed by atoms with Gasteiger partial charge in [-0.05, 0) is 19.9 Å². The summed E-state index contributed by atoms with van der Waals surface area (Å²) in [6.07, 6.45) is 1.77. The third kappa shape index (κ3) is 3.23. The van der Waals surface area contributed by atoms with E-state index in [0.29, 0.717) is 0 Å². The lowest BCUT2D eigenvalue weighted by molar-refractivity contribution is 0.338. The van der Waals surface area contributed by atoms with Crippen LogP contribution in [-0.4, -0.2) is 6.61 Å². The molecule has 0 atom stereocenters. The second-order valence-corrected chi connectivity index (χ2v) is 3.40. The first kappa shape index (κ1) is 11.5. The van der Waals surface area contributed by atoms with Crippen LogP contribution in [0.1, 0.15) is 13.8 Å². The van der Waals surface area contributed by atoms with Crippen molar-refractivity contribution in [2.75, 3.05) is 12.3 Å². The molecule has 0 heterocycles. The van der Waals surface area contributed by atoms with Gasteiger partial charge >= 0.3 is 0 Å². The van der Waals surface area contributed by atoms with E-state index in [4.69, 9.17) is 10.5 Å². The molecule has 0 aliphatic heterocycles. The van der Waals surface area contributed by atoms with Gasteiger partial charge in [0, 0.05) is 12.1 Å². The van der Waals surface area contributed by atoms with Gasteiger partial charge < -0.3 is 10.5 Å². The van der Waals surface area contributed by atoms with Crippen LogP contribution in [0.3, 0.4) is 0 Å². The SMILES string of the molecule is CC(C)=CCOc1cc(F)c(N)cc1F. The van der Waals surface area contributed by atoms with Gasteiger partial charge in [-0.2, -0.15) is 0 Å². The number of nitrogen functional groups attached to an aromatic ring is 1. The lowest BCUT2D eigenvalue weighted by Gasteiger charge is -2.06. The molecular formula is C11H13F2NO. The fraction of sp³-hybridized carbons (Fsp3) is 0.273. The molecule has 1 rings (SSSR count). The molecule has 0 aliphatic rings. The highest BCUT2D eigenvalue weighted by molar-refractivity contribution is 5.44. The van der Waals surface area contributed by atoms with Crippen molar-refractivity contribution < 1.29 is 13.5 Å². The summed E-state index contributed by atoms with van der Waals surface area (Å²) in [5.41, 5.74) is 6.01. The summed E-state index contributed by atoms with van der Waals surface area (Å²) in [7, 11) is 0. The Bertz CT molecular complexity index is 384. The highest BCUT2D eigenvalue weighted by atomic mass is 19.1. The normalized spacial score (nSPS) is 9.87. The van der Waals surface area contributed by atoms with Crippen molar-refractivity contribution in [1.82, 2.24) is 0 Å². The van der Waals surface area contributed by atoms with E-state index >= 15 is 0 Å². The van der Waals surface area contributed by atoms with E-state index in [1.807, 2.05) is 13.8 Å². The van der Waals surface area contributed by atoms with Gasteiger partial charge in [-0.3, -0.25) is 0 Å². The van der Waals surface area contributed by atoms with Gasteiger partial charge in [-0.15, -0.1) is 0 Å². The van der Waals surface area contributed by atoms with Gasteiger partial charge in [0.25, 0.3) is 0 Å². The number of rotatable bonds is 3.